The third-order valence-electron chi connectivity index (χ3n) is 3.96. The van der Waals surface area contributed by atoms with Crippen molar-refractivity contribution in [3.05, 3.63) is 65.7 Å². The van der Waals surface area contributed by atoms with Crippen molar-refractivity contribution in [1.29, 1.82) is 0 Å². The molecule has 2 aromatic heterocycles. The lowest BCUT2D eigenvalue weighted by Crippen LogP contribution is -2.27. The van der Waals surface area contributed by atoms with Crippen molar-refractivity contribution >= 4 is 5.91 Å². The van der Waals surface area contributed by atoms with Gasteiger partial charge in [0.15, 0.2) is 5.82 Å². The Hall–Kier alpha value is -3.23. The number of hydrogen-bond donors (Lipinski definition) is 1. The molecule has 0 saturated heterocycles. The molecule has 0 radical (unpaired) electrons. The topological polar surface area (TPSA) is 72.7 Å². The second-order valence-electron chi connectivity index (χ2n) is 5.83. The maximum Gasteiger partial charge on any atom is 0.417 e. The lowest BCUT2D eigenvalue weighted by Gasteiger charge is -2.09. The molecular formula is C18H16F3N5O. The molecule has 1 N–H and O–H groups in total. The van der Waals surface area contributed by atoms with Gasteiger partial charge in [0.25, 0.3) is 5.91 Å². The molecule has 0 spiro atoms. The Morgan fingerprint density at radius 2 is 1.89 bits per heavy atom. The molecule has 27 heavy (non-hydrogen) atoms. The van der Waals surface area contributed by atoms with Crippen molar-refractivity contribution in [3.63, 3.8) is 0 Å². The van der Waals surface area contributed by atoms with Gasteiger partial charge in [0, 0.05) is 38.0 Å². The van der Waals surface area contributed by atoms with Crippen molar-refractivity contribution in [2.45, 2.75) is 12.6 Å². The Morgan fingerprint density at radius 3 is 2.59 bits per heavy atom. The third kappa shape index (κ3) is 4.30. The highest BCUT2D eigenvalue weighted by atomic mass is 19.4. The van der Waals surface area contributed by atoms with E-state index in [9.17, 15) is 18.0 Å². The second kappa shape index (κ2) is 7.56. The summed E-state index contributed by atoms with van der Waals surface area (Å²) in [5.74, 6) is 0.717. The highest BCUT2D eigenvalue weighted by Gasteiger charge is 2.31. The summed E-state index contributed by atoms with van der Waals surface area (Å²) in [6.07, 6.45) is -2.38. The second-order valence-corrected chi connectivity index (χ2v) is 5.83. The van der Waals surface area contributed by atoms with Gasteiger partial charge in [-0.25, -0.2) is 0 Å². The molecule has 0 aliphatic rings. The fraction of sp³-hybridized carbons (Fsp3) is 0.222. The predicted octanol–water partition coefficient (Wildman–Crippen LogP) is 2.87. The van der Waals surface area contributed by atoms with Gasteiger partial charge in [-0.15, -0.1) is 10.2 Å². The van der Waals surface area contributed by atoms with Gasteiger partial charge >= 0.3 is 6.18 Å². The Morgan fingerprint density at radius 1 is 1.15 bits per heavy atom. The van der Waals surface area contributed by atoms with Crippen LogP contribution in [0.5, 0.6) is 0 Å². The summed E-state index contributed by atoms with van der Waals surface area (Å²) in [7, 11) is 1.82. The number of pyridine rings is 1. The summed E-state index contributed by atoms with van der Waals surface area (Å²) < 4.78 is 39.9. The molecule has 0 aliphatic heterocycles. The maximum atomic E-state index is 12.7. The molecule has 0 bridgehead atoms. The fourth-order valence-corrected chi connectivity index (χ4v) is 2.53. The number of carbonyl (C=O) groups excluding carboxylic acids is 1. The maximum absolute atomic E-state index is 12.7. The van der Waals surface area contributed by atoms with Crippen molar-refractivity contribution in [2.24, 2.45) is 7.05 Å². The van der Waals surface area contributed by atoms with Crippen LogP contribution >= 0.6 is 0 Å². The number of benzene rings is 1. The van der Waals surface area contributed by atoms with Gasteiger partial charge in [0.05, 0.1) is 11.1 Å². The number of nitrogens with one attached hydrogen (secondary N) is 1. The van der Waals surface area contributed by atoms with E-state index in [2.05, 4.69) is 20.5 Å². The zero-order valence-corrected chi connectivity index (χ0v) is 14.4. The molecule has 0 atom stereocenters. The zero-order chi connectivity index (χ0) is 19.4. The van der Waals surface area contributed by atoms with Crippen LogP contribution in [0.1, 0.15) is 21.7 Å². The Bertz CT molecular complexity index is 938. The molecule has 140 valence electrons. The van der Waals surface area contributed by atoms with Crippen LogP contribution in [0.4, 0.5) is 13.2 Å². The van der Waals surface area contributed by atoms with Crippen molar-refractivity contribution in [1.82, 2.24) is 25.1 Å². The van der Waals surface area contributed by atoms with E-state index in [4.69, 9.17) is 0 Å². The van der Waals surface area contributed by atoms with Crippen molar-refractivity contribution in [3.8, 4) is 11.4 Å². The lowest BCUT2D eigenvalue weighted by atomic mass is 10.2. The Balaban J connectivity index is 1.62. The SMILES string of the molecule is Cn1c(CCNC(=O)c2cncc(C(F)(F)F)c2)nnc1-c1ccccc1. The largest absolute Gasteiger partial charge is 0.417 e. The summed E-state index contributed by atoms with van der Waals surface area (Å²) in [4.78, 5) is 15.5. The normalized spacial score (nSPS) is 11.4. The summed E-state index contributed by atoms with van der Waals surface area (Å²) in [5, 5.41) is 10.8. The number of carbonyl (C=O) groups is 1. The van der Waals surface area contributed by atoms with Crippen LogP contribution in [0.25, 0.3) is 11.4 Å². The third-order valence-corrected chi connectivity index (χ3v) is 3.96. The number of alkyl halides is 3. The summed E-state index contributed by atoms with van der Waals surface area (Å²) in [5.41, 5.74) is -0.193. The predicted molar refractivity (Wildman–Crippen MR) is 91.7 cm³/mol. The van der Waals surface area contributed by atoms with Crippen LogP contribution in [0.2, 0.25) is 0 Å². The fourth-order valence-electron chi connectivity index (χ4n) is 2.53. The number of amides is 1. The Kier molecular flexibility index (Phi) is 5.20. The number of aromatic nitrogens is 4. The molecule has 9 heteroatoms. The molecule has 3 rings (SSSR count). The molecule has 2 heterocycles. The monoisotopic (exact) mass is 375 g/mol. The van der Waals surface area contributed by atoms with Gasteiger partial charge in [-0.2, -0.15) is 13.2 Å². The summed E-state index contributed by atoms with van der Waals surface area (Å²) >= 11 is 0. The highest BCUT2D eigenvalue weighted by Crippen LogP contribution is 2.28. The van der Waals surface area contributed by atoms with Crippen molar-refractivity contribution < 1.29 is 18.0 Å². The number of nitrogens with zero attached hydrogens (tertiary/aromatic N) is 4. The molecule has 3 aromatic rings. The van der Waals surface area contributed by atoms with Gasteiger partial charge in [-0.1, -0.05) is 30.3 Å². The molecular weight excluding hydrogens is 359 g/mol. The van der Waals surface area contributed by atoms with E-state index in [1.807, 2.05) is 41.9 Å². The molecule has 0 aliphatic carbocycles. The smallest absolute Gasteiger partial charge is 0.352 e. The molecule has 0 saturated carbocycles. The first kappa shape index (κ1) is 18.6. The standard InChI is InChI=1S/C18H16F3N5O/c1-26-15(24-25-16(26)12-5-3-2-4-6-12)7-8-23-17(27)13-9-14(11-22-10-13)18(19,20)21/h2-6,9-11H,7-8H2,1H3,(H,23,27). The van der Waals surface area contributed by atoms with Crippen LogP contribution in [0.3, 0.4) is 0 Å². The first-order chi connectivity index (χ1) is 12.9. The van der Waals surface area contributed by atoms with Gasteiger partial charge in [0.1, 0.15) is 5.82 Å². The van der Waals surface area contributed by atoms with Crippen LogP contribution < -0.4 is 5.32 Å². The van der Waals surface area contributed by atoms with Gasteiger partial charge in [-0.3, -0.25) is 9.78 Å². The van der Waals surface area contributed by atoms with Crippen LogP contribution in [0, 0.1) is 0 Å². The van der Waals surface area contributed by atoms with E-state index >= 15 is 0 Å². The van der Waals surface area contributed by atoms with Crippen molar-refractivity contribution in [2.75, 3.05) is 6.54 Å². The van der Waals surface area contributed by atoms with E-state index in [0.29, 0.717) is 24.3 Å². The van der Waals surface area contributed by atoms with E-state index in [1.54, 1.807) is 0 Å². The van der Waals surface area contributed by atoms with Gasteiger partial charge < -0.3 is 9.88 Å². The minimum Gasteiger partial charge on any atom is -0.352 e. The van der Waals surface area contributed by atoms with Crippen LogP contribution in [0.15, 0.2) is 48.8 Å². The Labute approximate surface area is 153 Å². The van der Waals surface area contributed by atoms with E-state index in [0.717, 1.165) is 17.8 Å². The average Bonchev–Trinajstić information content (AvgIpc) is 3.02. The summed E-state index contributed by atoms with van der Waals surface area (Å²) in [6, 6.07) is 10.3. The first-order valence-electron chi connectivity index (χ1n) is 8.10. The lowest BCUT2D eigenvalue weighted by molar-refractivity contribution is -0.137. The van der Waals surface area contributed by atoms with Crippen LogP contribution in [-0.2, 0) is 19.6 Å². The number of halogens is 3. The van der Waals surface area contributed by atoms with E-state index < -0.39 is 17.6 Å². The quantitative estimate of drug-likeness (QED) is 0.744. The average molecular weight is 375 g/mol. The molecule has 1 aromatic carbocycles. The van der Waals surface area contributed by atoms with E-state index in [-0.39, 0.29) is 12.1 Å². The minimum absolute atomic E-state index is 0.146. The molecule has 0 unspecified atom stereocenters. The highest BCUT2D eigenvalue weighted by molar-refractivity contribution is 5.94. The molecule has 1 amide bonds. The number of rotatable bonds is 5. The summed E-state index contributed by atoms with van der Waals surface area (Å²) in [6.45, 7) is 0.204. The van der Waals surface area contributed by atoms with Gasteiger partial charge in [0.2, 0.25) is 0 Å². The van der Waals surface area contributed by atoms with Gasteiger partial charge in [-0.05, 0) is 6.07 Å². The molecule has 0 fully saturated rings. The first-order valence-corrected chi connectivity index (χ1v) is 8.10. The molecule has 6 nitrogen and oxygen atoms in total. The zero-order valence-electron chi connectivity index (χ0n) is 14.4. The van der Waals surface area contributed by atoms with Crippen LogP contribution in [-0.4, -0.2) is 32.2 Å². The number of hydrogen-bond acceptors (Lipinski definition) is 4. The van der Waals surface area contributed by atoms with E-state index in [1.165, 1.54) is 0 Å². The minimum atomic E-state index is -4.55.